The second-order valence-electron chi connectivity index (χ2n) is 3.46. The van der Waals surface area contributed by atoms with Crippen molar-refractivity contribution >= 4 is 15.9 Å². The van der Waals surface area contributed by atoms with Gasteiger partial charge in [-0.3, -0.25) is 0 Å². The van der Waals surface area contributed by atoms with Gasteiger partial charge in [0.15, 0.2) is 0 Å². The molecule has 0 aliphatic heterocycles. The number of hydrogen-bond donors (Lipinski definition) is 1. The monoisotopic (exact) mass is 289 g/mol. The summed E-state index contributed by atoms with van der Waals surface area (Å²) in [5, 5.41) is 3.29. The lowest BCUT2D eigenvalue weighted by molar-refractivity contribution is 0.144. The molecule has 0 fully saturated rings. The van der Waals surface area contributed by atoms with Crippen molar-refractivity contribution in [1.29, 1.82) is 0 Å². The largest absolute Gasteiger partial charge is 0.382 e. The van der Waals surface area contributed by atoms with Crippen molar-refractivity contribution in [3.8, 4) is 0 Å². The maximum Gasteiger partial charge on any atom is 0.124 e. The first-order valence-electron chi connectivity index (χ1n) is 5.46. The molecule has 4 heteroatoms. The standard InChI is InChI=1S/C12H17BrFNO/c1-2-16-7-3-6-15-9-10-4-5-11(14)8-12(10)13/h4-5,8,15H,2-3,6-7,9H2,1H3. The van der Waals surface area contributed by atoms with Gasteiger partial charge in [0.1, 0.15) is 5.82 Å². The molecule has 1 N–H and O–H groups in total. The summed E-state index contributed by atoms with van der Waals surface area (Å²) in [6.07, 6.45) is 0.993. The Morgan fingerprint density at radius 1 is 1.44 bits per heavy atom. The molecule has 1 aromatic rings. The molecule has 0 unspecified atom stereocenters. The minimum absolute atomic E-state index is 0.216. The molecule has 0 aromatic heterocycles. The highest BCUT2D eigenvalue weighted by molar-refractivity contribution is 9.10. The van der Waals surface area contributed by atoms with Crippen LogP contribution in [0, 0.1) is 5.82 Å². The Morgan fingerprint density at radius 3 is 2.94 bits per heavy atom. The fourth-order valence-electron chi connectivity index (χ4n) is 1.33. The molecule has 0 amide bonds. The van der Waals surface area contributed by atoms with Crippen LogP contribution in [-0.2, 0) is 11.3 Å². The maximum absolute atomic E-state index is 12.8. The van der Waals surface area contributed by atoms with E-state index in [2.05, 4.69) is 21.2 Å². The van der Waals surface area contributed by atoms with Crippen LogP contribution in [0.1, 0.15) is 18.9 Å². The van der Waals surface area contributed by atoms with Gasteiger partial charge < -0.3 is 10.1 Å². The summed E-state index contributed by atoms with van der Waals surface area (Å²) in [7, 11) is 0. The lowest BCUT2D eigenvalue weighted by atomic mass is 10.2. The zero-order chi connectivity index (χ0) is 11.8. The third-order valence-corrected chi connectivity index (χ3v) is 2.92. The van der Waals surface area contributed by atoms with E-state index in [-0.39, 0.29) is 5.82 Å². The highest BCUT2D eigenvalue weighted by Gasteiger charge is 2.00. The van der Waals surface area contributed by atoms with Gasteiger partial charge in [0.25, 0.3) is 0 Å². The average molecular weight is 290 g/mol. The normalized spacial score (nSPS) is 10.7. The second kappa shape index (κ2) is 7.76. The summed E-state index contributed by atoms with van der Waals surface area (Å²) in [6, 6.07) is 4.74. The van der Waals surface area contributed by atoms with Crippen LogP contribution in [0.25, 0.3) is 0 Å². The van der Waals surface area contributed by atoms with Crippen LogP contribution in [0.2, 0.25) is 0 Å². The quantitative estimate of drug-likeness (QED) is 0.779. The van der Waals surface area contributed by atoms with Gasteiger partial charge in [-0.2, -0.15) is 0 Å². The van der Waals surface area contributed by atoms with Gasteiger partial charge in [0.2, 0.25) is 0 Å². The summed E-state index contributed by atoms with van der Waals surface area (Å²) >= 11 is 3.34. The van der Waals surface area contributed by atoms with Gasteiger partial charge in [-0.05, 0) is 37.6 Å². The van der Waals surface area contributed by atoms with Crippen molar-refractivity contribution in [2.45, 2.75) is 19.9 Å². The van der Waals surface area contributed by atoms with E-state index in [0.717, 1.165) is 42.8 Å². The van der Waals surface area contributed by atoms with Crippen molar-refractivity contribution < 1.29 is 9.13 Å². The number of ether oxygens (including phenoxy) is 1. The molecule has 0 heterocycles. The van der Waals surface area contributed by atoms with Gasteiger partial charge in [0, 0.05) is 24.2 Å². The van der Waals surface area contributed by atoms with E-state index in [9.17, 15) is 4.39 Å². The molecule has 1 aromatic carbocycles. The molecule has 0 bridgehead atoms. The zero-order valence-corrected chi connectivity index (χ0v) is 11.0. The number of nitrogens with one attached hydrogen (secondary N) is 1. The predicted octanol–water partition coefficient (Wildman–Crippen LogP) is 3.10. The molecule has 1 rings (SSSR count). The smallest absolute Gasteiger partial charge is 0.124 e. The molecule has 0 saturated carbocycles. The van der Waals surface area contributed by atoms with Gasteiger partial charge in [-0.15, -0.1) is 0 Å². The third-order valence-electron chi connectivity index (χ3n) is 2.18. The molecule has 0 saturated heterocycles. The molecule has 0 aliphatic carbocycles. The number of hydrogen-bond acceptors (Lipinski definition) is 2. The molecule has 0 spiro atoms. The Bertz CT molecular complexity index is 320. The van der Waals surface area contributed by atoms with E-state index >= 15 is 0 Å². The molecule has 90 valence electrons. The Morgan fingerprint density at radius 2 is 2.25 bits per heavy atom. The van der Waals surface area contributed by atoms with Crippen molar-refractivity contribution in [3.05, 3.63) is 34.1 Å². The lowest BCUT2D eigenvalue weighted by Crippen LogP contribution is -2.16. The van der Waals surface area contributed by atoms with E-state index < -0.39 is 0 Å². The average Bonchev–Trinajstić information content (AvgIpc) is 2.26. The van der Waals surface area contributed by atoms with Gasteiger partial charge >= 0.3 is 0 Å². The van der Waals surface area contributed by atoms with Crippen LogP contribution in [0.3, 0.4) is 0 Å². The predicted molar refractivity (Wildman–Crippen MR) is 66.9 cm³/mol. The van der Waals surface area contributed by atoms with E-state index in [1.54, 1.807) is 6.07 Å². The highest BCUT2D eigenvalue weighted by atomic mass is 79.9. The van der Waals surface area contributed by atoms with Gasteiger partial charge in [-0.1, -0.05) is 22.0 Å². The van der Waals surface area contributed by atoms with Crippen LogP contribution < -0.4 is 5.32 Å². The molecule has 2 nitrogen and oxygen atoms in total. The molecular weight excluding hydrogens is 273 g/mol. The summed E-state index contributed by atoms with van der Waals surface area (Å²) in [5.74, 6) is -0.216. The summed E-state index contributed by atoms with van der Waals surface area (Å²) in [5.41, 5.74) is 1.07. The topological polar surface area (TPSA) is 21.3 Å². The first kappa shape index (κ1) is 13.6. The number of benzene rings is 1. The van der Waals surface area contributed by atoms with Crippen LogP contribution in [-0.4, -0.2) is 19.8 Å². The fraction of sp³-hybridized carbons (Fsp3) is 0.500. The Balaban J connectivity index is 2.21. The second-order valence-corrected chi connectivity index (χ2v) is 4.32. The fourth-order valence-corrected chi connectivity index (χ4v) is 1.82. The minimum atomic E-state index is -0.216. The maximum atomic E-state index is 12.8. The van der Waals surface area contributed by atoms with Crippen molar-refractivity contribution in [2.75, 3.05) is 19.8 Å². The highest BCUT2D eigenvalue weighted by Crippen LogP contribution is 2.17. The summed E-state index contributed by atoms with van der Waals surface area (Å²) in [6.45, 7) is 5.19. The molecular formula is C12H17BrFNO. The summed E-state index contributed by atoms with van der Waals surface area (Å²) in [4.78, 5) is 0. The third kappa shape index (κ3) is 5.05. The van der Waals surface area contributed by atoms with Crippen LogP contribution in [0.15, 0.2) is 22.7 Å². The van der Waals surface area contributed by atoms with Gasteiger partial charge in [0.05, 0.1) is 0 Å². The van der Waals surface area contributed by atoms with E-state index in [0.29, 0.717) is 0 Å². The van der Waals surface area contributed by atoms with Crippen LogP contribution in [0.4, 0.5) is 4.39 Å². The van der Waals surface area contributed by atoms with E-state index in [4.69, 9.17) is 4.74 Å². The number of halogens is 2. The lowest BCUT2D eigenvalue weighted by Gasteiger charge is -2.07. The minimum Gasteiger partial charge on any atom is -0.382 e. The zero-order valence-electron chi connectivity index (χ0n) is 9.43. The molecule has 0 atom stereocenters. The van der Waals surface area contributed by atoms with E-state index in [1.165, 1.54) is 12.1 Å². The number of rotatable bonds is 7. The molecule has 0 radical (unpaired) electrons. The van der Waals surface area contributed by atoms with Crippen molar-refractivity contribution in [3.63, 3.8) is 0 Å². The van der Waals surface area contributed by atoms with Crippen molar-refractivity contribution in [1.82, 2.24) is 5.32 Å². The molecule has 0 aliphatic rings. The van der Waals surface area contributed by atoms with Gasteiger partial charge in [-0.25, -0.2) is 4.39 Å². The van der Waals surface area contributed by atoms with Crippen LogP contribution in [0.5, 0.6) is 0 Å². The Hall–Kier alpha value is -0.450. The van der Waals surface area contributed by atoms with Crippen LogP contribution >= 0.6 is 15.9 Å². The first-order chi connectivity index (χ1) is 7.74. The Kier molecular flexibility index (Phi) is 6.61. The Labute approximate surface area is 104 Å². The SMILES string of the molecule is CCOCCCNCc1ccc(F)cc1Br. The van der Waals surface area contributed by atoms with Crippen molar-refractivity contribution in [2.24, 2.45) is 0 Å². The molecule has 16 heavy (non-hydrogen) atoms. The summed E-state index contributed by atoms with van der Waals surface area (Å²) < 4.78 is 18.8. The first-order valence-corrected chi connectivity index (χ1v) is 6.25. The van der Waals surface area contributed by atoms with E-state index in [1.807, 2.05) is 6.92 Å².